The Balaban J connectivity index is 0.000000640. The third kappa shape index (κ3) is 0.831. The molecule has 2 nitrogen and oxygen atoms in total. The monoisotopic (exact) mass is 115 g/mol. The molecule has 1 amide bonds. The van der Waals surface area contributed by atoms with Crippen molar-refractivity contribution >= 4 is 5.91 Å². The summed E-state index contributed by atoms with van der Waals surface area (Å²) in [7, 11) is 0. The SMILES string of the molecule is CC1CC(=O)NC1C.[HH]. The Morgan fingerprint density at radius 3 is 2.50 bits per heavy atom. The fourth-order valence-electron chi connectivity index (χ4n) is 0.924. The number of amides is 1. The number of carbonyl (C=O) groups excluding carboxylic acids is 1. The van der Waals surface area contributed by atoms with Crippen LogP contribution in [0.4, 0.5) is 0 Å². The lowest BCUT2D eigenvalue weighted by molar-refractivity contribution is -0.119. The maximum atomic E-state index is 10.6. The van der Waals surface area contributed by atoms with Crippen LogP contribution < -0.4 is 5.32 Å². The highest BCUT2D eigenvalue weighted by atomic mass is 16.1. The quantitative estimate of drug-likeness (QED) is 0.496. The van der Waals surface area contributed by atoms with Crippen molar-refractivity contribution in [3.63, 3.8) is 0 Å². The molecular formula is C6H13NO. The first kappa shape index (κ1) is 5.60. The van der Waals surface area contributed by atoms with Gasteiger partial charge in [-0.05, 0) is 12.8 Å². The summed E-state index contributed by atoms with van der Waals surface area (Å²) in [4.78, 5) is 10.6. The molecule has 0 aromatic carbocycles. The zero-order valence-corrected chi connectivity index (χ0v) is 5.27. The van der Waals surface area contributed by atoms with Crippen LogP contribution in [0.5, 0.6) is 0 Å². The van der Waals surface area contributed by atoms with Crippen LogP contribution in [0.2, 0.25) is 0 Å². The van der Waals surface area contributed by atoms with Crippen molar-refractivity contribution in [2.75, 3.05) is 0 Å². The summed E-state index contributed by atoms with van der Waals surface area (Å²) in [6, 6.07) is 0.391. The normalized spacial score (nSPS) is 37.5. The lowest BCUT2D eigenvalue weighted by atomic mass is 10.1. The third-order valence-electron chi connectivity index (χ3n) is 1.75. The molecule has 1 heterocycles. The van der Waals surface area contributed by atoms with Gasteiger partial charge in [0.25, 0.3) is 0 Å². The summed E-state index contributed by atoms with van der Waals surface area (Å²) in [5, 5.41) is 2.83. The summed E-state index contributed by atoms with van der Waals surface area (Å²) < 4.78 is 0. The fourth-order valence-corrected chi connectivity index (χ4v) is 0.924. The van der Waals surface area contributed by atoms with Gasteiger partial charge in [-0.1, -0.05) is 6.92 Å². The van der Waals surface area contributed by atoms with E-state index in [1.807, 2.05) is 6.92 Å². The smallest absolute Gasteiger partial charge is 0.220 e. The number of carbonyl (C=O) groups is 1. The molecule has 0 spiro atoms. The minimum absolute atomic E-state index is 0. The van der Waals surface area contributed by atoms with Crippen molar-refractivity contribution in [2.24, 2.45) is 5.92 Å². The molecule has 0 saturated carbocycles. The van der Waals surface area contributed by atoms with E-state index in [0.717, 1.165) is 0 Å². The Bertz CT molecular complexity index is 104. The van der Waals surface area contributed by atoms with Gasteiger partial charge in [0, 0.05) is 13.9 Å². The van der Waals surface area contributed by atoms with E-state index >= 15 is 0 Å². The number of hydrogen-bond donors (Lipinski definition) is 1. The molecule has 2 heteroatoms. The molecule has 1 rings (SSSR count). The van der Waals surface area contributed by atoms with E-state index in [1.165, 1.54) is 0 Å². The van der Waals surface area contributed by atoms with Crippen LogP contribution in [0.25, 0.3) is 0 Å². The van der Waals surface area contributed by atoms with Gasteiger partial charge in [-0.2, -0.15) is 0 Å². The molecule has 0 aromatic rings. The third-order valence-corrected chi connectivity index (χ3v) is 1.75. The van der Waals surface area contributed by atoms with E-state index in [0.29, 0.717) is 18.4 Å². The second-order valence-corrected chi connectivity index (χ2v) is 2.54. The number of nitrogens with one attached hydrogen (secondary N) is 1. The van der Waals surface area contributed by atoms with Gasteiger partial charge < -0.3 is 5.32 Å². The van der Waals surface area contributed by atoms with Crippen LogP contribution in [-0.4, -0.2) is 11.9 Å². The van der Waals surface area contributed by atoms with Gasteiger partial charge in [-0.15, -0.1) is 0 Å². The van der Waals surface area contributed by atoms with Gasteiger partial charge in [0.1, 0.15) is 0 Å². The van der Waals surface area contributed by atoms with E-state index in [4.69, 9.17) is 0 Å². The van der Waals surface area contributed by atoms with E-state index in [9.17, 15) is 4.79 Å². The number of hydrogen-bond acceptors (Lipinski definition) is 1. The average Bonchev–Trinajstić information content (AvgIpc) is 1.85. The molecule has 48 valence electrons. The van der Waals surface area contributed by atoms with Crippen LogP contribution in [0.15, 0.2) is 0 Å². The Labute approximate surface area is 50.8 Å². The van der Waals surface area contributed by atoms with Crippen LogP contribution in [0, 0.1) is 5.92 Å². The van der Waals surface area contributed by atoms with Crippen LogP contribution in [0.1, 0.15) is 21.7 Å². The summed E-state index contributed by atoms with van der Waals surface area (Å²) in [6.07, 6.45) is 0.709. The average molecular weight is 115 g/mol. The topological polar surface area (TPSA) is 29.1 Å². The molecule has 0 aliphatic carbocycles. The highest BCUT2D eigenvalue weighted by molar-refractivity contribution is 5.78. The molecule has 2 atom stereocenters. The van der Waals surface area contributed by atoms with Crippen molar-refractivity contribution in [1.29, 1.82) is 0 Å². The molecular weight excluding hydrogens is 102 g/mol. The first-order valence-electron chi connectivity index (χ1n) is 2.99. The molecule has 8 heavy (non-hydrogen) atoms. The van der Waals surface area contributed by atoms with Crippen LogP contribution >= 0.6 is 0 Å². The standard InChI is InChI=1S/C6H11NO.H2/c1-4-3-6(8)7-5(4)2;/h4-5H,3H2,1-2H3,(H,7,8);1H. The largest absolute Gasteiger partial charge is 0.353 e. The minimum Gasteiger partial charge on any atom is -0.353 e. The molecule has 0 bridgehead atoms. The van der Waals surface area contributed by atoms with Gasteiger partial charge >= 0.3 is 0 Å². The lowest BCUT2D eigenvalue weighted by Crippen LogP contribution is -2.24. The summed E-state index contributed by atoms with van der Waals surface area (Å²) in [5.74, 6) is 0.729. The Morgan fingerprint density at radius 2 is 2.38 bits per heavy atom. The highest BCUT2D eigenvalue weighted by Gasteiger charge is 2.23. The minimum atomic E-state index is 0. The molecule has 1 aliphatic heterocycles. The second kappa shape index (κ2) is 1.77. The second-order valence-electron chi connectivity index (χ2n) is 2.54. The Hall–Kier alpha value is -0.530. The molecule has 1 saturated heterocycles. The lowest BCUT2D eigenvalue weighted by Gasteiger charge is -2.04. The molecule has 1 N–H and O–H groups in total. The van der Waals surface area contributed by atoms with Crippen molar-refractivity contribution in [2.45, 2.75) is 26.3 Å². The Kier molecular flexibility index (Phi) is 1.24. The zero-order valence-electron chi connectivity index (χ0n) is 5.27. The maximum Gasteiger partial charge on any atom is 0.220 e. The van der Waals surface area contributed by atoms with E-state index in [-0.39, 0.29) is 7.33 Å². The summed E-state index contributed by atoms with van der Waals surface area (Å²) in [5.41, 5.74) is 0. The molecule has 1 aliphatic rings. The van der Waals surface area contributed by atoms with Crippen molar-refractivity contribution in [1.82, 2.24) is 5.32 Å². The van der Waals surface area contributed by atoms with Gasteiger partial charge in [0.2, 0.25) is 5.91 Å². The van der Waals surface area contributed by atoms with E-state index in [2.05, 4.69) is 12.2 Å². The predicted octanol–water partition coefficient (Wildman–Crippen LogP) is 0.777. The van der Waals surface area contributed by atoms with Gasteiger partial charge in [-0.25, -0.2) is 0 Å². The number of rotatable bonds is 0. The first-order valence-corrected chi connectivity index (χ1v) is 2.99. The van der Waals surface area contributed by atoms with Crippen LogP contribution in [0.3, 0.4) is 0 Å². The molecule has 0 aromatic heterocycles. The van der Waals surface area contributed by atoms with Gasteiger partial charge in [0.05, 0.1) is 0 Å². The molecule has 1 fully saturated rings. The summed E-state index contributed by atoms with van der Waals surface area (Å²) >= 11 is 0. The van der Waals surface area contributed by atoms with Gasteiger partial charge in [-0.3, -0.25) is 4.79 Å². The summed E-state index contributed by atoms with van der Waals surface area (Å²) in [6.45, 7) is 4.12. The highest BCUT2D eigenvalue weighted by Crippen LogP contribution is 2.13. The van der Waals surface area contributed by atoms with E-state index < -0.39 is 0 Å². The van der Waals surface area contributed by atoms with Crippen molar-refractivity contribution in [3.05, 3.63) is 0 Å². The van der Waals surface area contributed by atoms with Gasteiger partial charge in [0.15, 0.2) is 0 Å². The maximum absolute atomic E-state index is 10.6. The molecule has 0 radical (unpaired) electrons. The Morgan fingerprint density at radius 1 is 1.75 bits per heavy atom. The first-order chi connectivity index (χ1) is 3.70. The van der Waals surface area contributed by atoms with Crippen LogP contribution in [-0.2, 0) is 4.79 Å². The predicted molar refractivity (Wildman–Crippen MR) is 33.5 cm³/mol. The van der Waals surface area contributed by atoms with Crippen molar-refractivity contribution < 1.29 is 6.22 Å². The van der Waals surface area contributed by atoms with E-state index in [1.54, 1.807) is 0 Å². The fraction of sp³-hybridized carbons (Fsp3) is 0.833. The molecule has 2 unspecified atom stereocenters. The zero-order chi connectivity index (χ0) is 6.15. The van der Waals surface area contributed by atoms with Crippen molar-refractivity contribution in [3.8, 4) is 0 Å².